The Kier molecular flexibility index (Phi) is 8.81. The first-order chi connectivity index (χ1) is 13.1. The molecule has 2 N–H and O–H groups in total. The van der Waals surface area contributed by atoms with Crippen molar-refractivity contribution in [3.63, 3.8) is 0 Å². The number of rotatable bonds is 7. The first-order valence-electron chi connectivity index (χ1n) is 9.80. The fraction of sp³-hybridized carbons (Fsp3) is 0.600. The Morgan fingerprint density at radius 2 is 2.14 bits per heavy atom. The highest BCUT2D eigenvalue weighted by molar-refractivity contribution is 14.0. The quantitative estimate of drug-likeness (QED) is 0.260. The third-order valence-electron chi connectivity index (χ3n) is 4.88. The van der Waals surface area contributed by atoms with Gasteiger partial charge < -0.3 is 25.0 Å². The van der Waals surface area contributed by atoms with E-state index in [4.69, 9.17) is 9.47 Å². The molecule has 2 aliphatic rings. The van der Waals surface area contributed by atoms with Crippen LogP contribution in [0.4, 0.5) is 5.69 Å². The van der Waals surface area contributed by atoms with Crippen molar-refractivity contribution in [2.45, 2.75) is 38.7 Å². The number of carbonyl (C=O) groups is 1. The van der Waals surface area contributed by atoms with Gasteiger partial charge in [0.2, 0.25) is 0 Å². The Labute approximate surface area is 184 Å². The number of guanidine groups is 1. The summed E-state index contributed by atoms with van der Waals surface area (Å²) in [6, 6.07) is 7.66. The SMILES string of the molecule is CCNC(=NCC1(C)CCCO1)NCCCN1C(=O)COc2ccccc21.I. The van der Waals surface area contributed by atoms with E-state index in [1.165, 1.54) is 0 Å². The van der Waals surface area contributed by atoms with Crippen molar-refractivity contribution in [3.05, 3.63) is 24.3 Å². The largest absolute Gasteiger partial charge is 0.482 e. The topological polar surface area (TPSA) is 75.2 Å². The number of benzene rings is 1. The van der Waals surface area contributed by atoms with Crippen LogP contribution in [0.25, 0.3) is 0 Å². The first-order valence-corrected chi connectivity index (χ1v) is 9.80. The van der Waals surface area contributed by atoms with Gasteiger partial charge in [0, 0.05) is 26.2 Å². The Bertz CT molecular complexity index is 677. The molecule has 3 rings (SSSR count). The van der Waals surface area contributed by atoms with Crippen LogP contribution >= 0.6 is 24.0 Å². The van der Waals surface area contributed by atoms with Crippen LogP contribution in [0.5, 0.6) is 5.75 Å². The molecule has 0 bridgehead atoms. The lowest BCUT2D eigenvalue weighted by molar-refractivity contribution is -0.121. The minimum absolute atomic E-state index is 0. The van der Waals surface area contributed by atoms with E-state index >= 15 is 0 Å². The number of anilines is 1. The molecule has 1 saturated heterocycles. The van der Waals surface area contributed by atoms with Crippen LogP contribution in [0.15, 0.2) is 29.3 Å². The Morgan fingerprint density at radius 3 is 2.89 bits per heavy atom. The number of amides is 1. The second-order valence-corrected chi connectivity index (χ2v) is 7.18. The summed E-state index contributed by atoms with van der Waals surface area (Å²) in [4.78, 5) is 18.7. The van der Waals surface area contributed by atoms with Gasteiger partial charge in [-0.3, -0.25) is 9.79 Å². The molecule has 1 fully saturated rings. The van der Waals surface area contributed by atoms with Gasteiger partial charge in [-0.25, -0.2) is 0 Å². The number of fused-ring (bicyclic) bond motifs is 1. The van der Waals surface area contributed by atoms with Gasteiger partial charge in [-0.1, -0.05) is 12.1 Å². The molecular formula is C20H31IN4O3. The number of halogens is 1. The molecule has 1 unspecified atom stereocenters. The number of nitrogens with one attached hydrogen (secondary N) is 2. The van der Waals surface area contributed by atoms with Crippen LogP contribution in [0.3, 0.4) is 0 Å². The molecule has 0 aromatic heterocycles. The van der Waals surface area contributed by atoms with Gasteiger partial charge in [-0.15, -0.1) is 24.0 Å². The number of hydrogen-bond donors (Lipinski definition) is 2. The van der Waals surface area contributed by atoms with E-state index in [2.05, 4.69) is 22.5 Å². The predicted molar refractivity (Wildman–Crippen MR) is 122 cm³/mol. The van der Waals surface area contributed by atoms with E-state index in [0.717, 1.165) is 56.4 Å². The molecule has 156 valence electrons. The summed E-state index contributed by atoms with van der Waals surface area (Å²) in [6.45, 7) is 7.93. The van der Waals surface area contributed by atoms with Crippen molar-refractivity contribution in [1.29, 1.82) is 0 Å². The molecule has 28 heavy (non-hydrogen) atoms. The summed E-state index contributed by atoms with van der Waals surface area (Å²) in [7, 11) is 0. The van der Waals surface area contributed by atoms with E-state index in [1.54, 1.807) is 4.90 Å². The number of hydrogen-bond acceptors (Lipinski definition) is 4. The molecule has 1 aromatic rings. The zero-order valence-electron chi connectivity index (χ0n) is 16.7. The molecule has 1 aromatic carbocycles. The van der Waals surface area contributed by atoms with Crippen molar-refractivity contribution >= 4 is 41.5 Å². The highest BCUT2D eigenvalue weighted by Crippen LogP contribution is 2.31. The summed E-state index contributed by atoms with van der Waals surface area (Å²) in [6.07, 6.45) is 2.97. The second kappa shape index (κ2) is 10.8. The summed E-state index contributed by atoms with van der Waals surface area (Å²) in [5, 5.41) is 6.62. The average Bonchev–Trinajstić information content (AvgIpc) is 3.11. The van der Waals surface area contributed by atoms with Crippen LogP contribution in [-0.2, 0) is 9.53 Å². The van der Waals surface area contributed by atoms with Gasteiger partial charge in [0.1, 0.15) is 5.75 Å². The van der Waals surface area contributed by atoms with Crippen molar-refractivity contribution in [2.75, 3.05) is 44.3 Å². The minimum atomic E-state index is -0.147. The van der Waals surface area contributed by atoms with Crippen LogP contribution in [-0.4, -0.2) is 56.9 Å². The second-order valence-electron chi connectivity index (χ2n) is 7.18. The van der Waals surface area contributed by atoms with Crippen LogP contribution < -0.4 is 20.3 Å². The average molecular weight is 502 g/mol. The van der Waals surface area contributed by atoms with Gasteiger partial charge in [0.05, 0.1) is 17.8 Å². The summed E-state index contributed by atoms with van der Waals surface area (Å²) < 4.78 is 11.3. The lowest BCUT2D eigenvalue weighted by Gasteiger charge is -2.29. The van der Waals surface area contributed by atoms with Crippen molar-refractivity contribution in [3.8, 4) is 5.75 Å². The zero-order valence-corrected chi connectivity index (χ0v) is 19.0. The van der Waals surface area contributed by atoms with Crippen molar-refractivity contribution in [1.82, 2.24) is 10.6 Å². The molecule has 1 amide bonds. The molecule has 0 radical (unpaired) electrons. The summed E-state index contributed by atoms with van der Waals surface area (Å²) in [5.41, 5.74) is 0.701. The maximum atomic E-state index is 12.2. The summed E-state index contributed by atoms with van der Waals surface area (Å²) >= 11 is 0. The third kappa shape index (κ3) is 5.97. The van der Waals surface area contributed by atoms with Crippen molar-refractivity contribution in [2.24, 2.45) is 4.99 Å². The smallest absolute Gasteiger partial charge is 0.265 e. The number of aliphatic imine (C=N–C) groups is 1. The Morgan fingerprint density at radius 1 is 1.32 bits per heavy atom. The highest BCUT2D eigenvalue weighted by atomic mass is 127. The first kappa shape index (κ1) is 22.7. The lowest BCUT2D eigenvalue weighted by Crippen LogP contribution is -2.42. The molecule has 7 nitrogen and oxygen atoms in total. The highest BCUT2D eigenvalue weighted by Gasteiger charge is 2.29. The van der Waals surface area contributed by atoms with Gasteiger partial charge in [0.25, 0.3) is 5.91 Å². The molecule has 2 heterocycles. The predicted octanol–water partition coefficient (Wildman–Crippen LogP) is 2.54. The minimum Gasteiger partial charge on any atom is -0.482 e. The lowest BCUT2D eigenvalue weighted by atomic mass is 10.0. The maximum Gasteiger partial charge on any atom is 0.265 e. The van der Waals surface area contributed by atoms with Gasteiger partial charge in [-0.2, -0.15) is 0 Å². The molecule has 1 atom stereocenters. The van der Waals surface area contributed by atoms with Crippen molar-refractivity contribution < 1.29 is 14.3 Å². The molecule has 0 aliphatic carbocycles. The van der Waals surface area contributed by atoms with Crippen LogP contribution in [0.1, 0.15) is 33.1 Å². The summed E-state index contributed by atoms with van der Waals surface area (Å²) in [5.74, 6) is 1.56. The fourth-order valence-corrected chi connectivity index (χ4v) is 3.39. The van der Waals surface area contributed by atoms with E-state index in [1.807, 2.05) is 31.2 Å². The number of carbonyl (C=O) groups excluding carboxylic acids is 1. The number of ether oxygens (including phenoxy) is 2. The molecule has 0 saturated carbocycles. The van der Waals surface area contributed by atoms with E-state index < -0.39 is 0 Å². The monoisotopic (exact) mass is 502 g/mol. The van der Waals surface area contributed by atoms with E-state index in [-0.39, 0.29) is 42.1 Å². The van der Waals surface area contributed by atoms with Crippen LogP contribution in [0, 0.1) is 0 Å². The van der Waals surface area contributed by atoms with Gasteiger partial charge in [-0.05, 0) is 45.2 Å². The fourth-order valence-electron chi connectivity index (χ4n) is 3.39. The zero-order chi connectivity index (χ0) is 19.1. The van der Waals surface area contributed by atoms with Crippen LogP contribution in [0.2, 0.25) is 0 Å². The standard InChI is InChI=1S/C20H30N4O3.HI/c1-3-21-19(23-15-20(2)10-6-13-27-20)22-11-7-12-24-16-8-4-5-9-17(16)26-14-18(24)25;/h4-5,8-9H,3,6-7,10-15H2,1-2H3,(H2,21,22,23);1H. The Hall–Kier alpha value is -1.55. The maximum absolute atomic E-state index is 12.2. The third-order valence-corrected chi connectivity index (χ3v) is 4.88. The number of para-hydroxylation sites is 2. The van der Waals surface area contributed by atoms with Gasteiger partial charge in [0.15, 0.2) is 12.6 Å². The number of nitrogens with zero attached hydrogens (tertiary/aromatic N) is 2. The van der Waals surface area contributed by atoms with Gasteiger partial charge >= 0.3 is 0 Å². The molecule has 0 spiro atoms. The molecule has 8 heteroatoms. The molecule has 2 aliphatic heterocycles. The Balaban J connectivity index is 0.00000280. The normalized spacial score (nSPS) is 21.6. The molecular weight excluding hydrogens is 471 g/mol. The van der Waals surface area contributed by atoms with E-state index in [9.17, 15) is 4.79 Å². The van der Waals surface area contributed by atoms with E-state index in [0.29, 0.717) is 13.1 Å².